The van der Waals surface area contributed by atoms with Gasteiger partial charge in [0.15, 0.2) is 6.10 Å². The smallest absolute Gasteiger partial charge is 0.382 e. The van der Waals surface area contributed by atoms with Crippen LogP contribution in [-0.4, -0.2) is 36.4 Å². The van der Waals surface area contributed by atoms with Crippen molar-refractivity contribution in [2.45, 2.75) is 45.4 Å². The summed E-state index contributed by atoms with van der Waals surface area (Å²) in [7, 11) is 0. The fourth-order valence-corrected chi connectivity index (χ4v) is 1.38. The number of aliphatic hydroxyl groups is 1. The molecule has 0 radical (unpaired) electrons. The Morgan fingerprint density at radius 2 is 1.89 bits per heavy atom. The second-order valence-corrected chi connectivity index (χ2v) is 5.06. The van der Waals surface area contributed by atoms with E-state index < -0.39 is 24.7 Å². The first-order valence-corrected chi connectivity index (χ1v) is 5.80. The number of carbonyl (C=O) groups excluding carboxylic acids is 1. The third-order valence-corrected chi connectivity index (χ3v) is 2.72. The lowest BCUT2D eigenvalue weighted by Crippen LogP contribution is -2.40. The minimum absolute atomic E-state index is 0.116. The van der Waals surface area contributed by atoms with E-state index in [-0.39, 0.29) is 11.8 Å². The van der Waals surface area contributed by atoms with E-state index in [1.165, 1.54) is 0 Å². The lowest BCUT2D eigenvalue weighted by Gasteiger charge is -2.23. The summed E-state index contributed by atoms with van der Waals surface area (Å²) < 4.78 is 35.9. The van der Waals surface area contributed by atoms with E-state index in [4.69, 9.17) is 10.8 Å². The average Bonchev–Trinajstić information content (AvgIpc) is 2.21. The number of carbonyl (C=O) groups is 1. The van der Waals surface area contributed by atoms with Crippen molar-refractivity contribution >= 4 is 5.91 Å². The molecule has 0 bridgehead atoms. The van der Waals surface area contributed by atoms with Crippen molar-refractivity contribution in [3.05, 3.63) is 0 Å². The average molecular weight is 270 g/mol. The Morgan fingerprint density at radius 1 is 1.33 bits per heavy atom. The van der Waals surface area contributed by atoms with Gasteiger partial charge in [-0.3, -0.25) is 4.79 Å². The van der Waals surface area contributed by atoms with Crippen molar-refractivity contribution < 1.29 is 23.1 Å². The van der Waals surface area contributed by atoms with Gasteiger partial charge in [-0.05, 0) is 24.8 Å². The normalized spacial score (nSPS) is 14.4. The van der Waals surface area contributed by atoms with E-state index >= 15 is 0 Å². The lowest BCUT2D eigenvalue weighted by molar-refractivity contribution is -0.201. The van der Waals surface area contributed by atoms with E-state index in [1.54, 1.807) is 0 Å². The number of nitrogens with one attached hydrogen (secondary N) is 1. The largest absolute Gasteiger partial charge is 0.416 e. The van der Waals surface area contributed by atoms with Gasteiger partial charge in [0.1, 0.15) is 0 Å². The van der Waals surface area contributed by atoms with Crippen LogP contribution in [0.3, 0.4) is 0 Å². The first kappa shape index (κ1) is 17.2. The van der Waals surface area contributed by atoms with Gasteiger partial charge in [-0.25, -0.2) is 0 Å². The summed E-state index contributed by atoms with van der Waals surface area (Å²) in [4.78, 5) is 11.3. The van der Waals surface area contributed by atoms with Gasteiger partial charge in [0.2, 0.25) is 5.91 Å². The quantitative estimate of drug-likeness (QED) is 0.650. The summed E-state index contributed by atoms with van der Waals surface area (Å²) in [5.74, 6) is -0.497. The summed E-state index contributed by atoms with van der Waals surface area (Å²) in [5.41, 5.74) is 5.29. The molecule has 1 atom stereocenters. The fraction of sp³-hybridized carbons (Fsp3) is 0.909. The van der Waals surface area contributed by atoms with Crippen molar-refractivity contribution in [3.8, 4) is 0 Å². The molecule has 0 aromatic heterocycles. The Morgan fingerprint density at radius 3 is 2.33 bits per heavy atom. The van der Waals surface area contributed by atoms with Crippen LogP contribution in [0.25, 0.3) is 0 Å². The van der Waals surface area contributed by atoms with Crippen molar-refractivity contribution in [2.75, 3.05) is 13.1 Å². The predicted octanol–water partition coefficient (Wildman–Crippen LogP) is 1.18. The van der Waals surface area contributed by atoms with Crippen molar-refractivity contribution in [3.63, 3.8) is 0 Å². The number of alkyl halides is 3. The Labute approximate surface area is 105 Å². The number of rotatable bonds is 7. The van der Waals surface area contributed by atoms with Gasteiger partial charge in [-0.1, -0.05) is 13.8 Å². The van der Waals surface area contributed by atoms with E-state index in [0.717, 1.165) is 6.42 Å². The summed E-state index contributed by atoms with van der Waals surface area (Å²) in [6.45, 7) is 3.58. The summed E-state index contributed by atoms with van der Waals surface area (Å²) in [6, 6.07) is 0. The molecule has 0 rings (SSSR count). The van der Waals surface area contributed by atoms with Crippen LogP contribution in [0.2, 0.25) is 0 Å². The highest BCUT2D eigenvalue weighted by Crippen LogP contribution is 2.25. The van der Waals surface area contributed by atoms with Crippen molar-refractivity contribution in [1.29, 1.82) is 0 Å². The van der Waals surface area contributed by atoms with Gasteiger partial charge in [0, 0.05) is 6.42 Å². The van der Waals surface area contributed by atoms with Gasteiger partial charge in [-0.2, -0.15) is 13.2 Å². The molecule has 0 aliphatic carbocycles. The maximum Gasteiger partial charge on any atom is 0.416 e. The standard InChI is InChI=1S/C11H21F3N2O2/c1-10(2,5-6-15)4-3-9(18)16-7-8(17)11(12,13)14/h8,17H,3-7,15H2,1-2H3,(H,16,18). The summed E-state index contributed by atoms with van der Waals surface area (Å²) >= 11 is 0. The molecule has 0 aliphatic rings. The molecule has 18 heavy (non-hydrogen) atoms. The first-order valence-electron chi connectivity index (χ1n) is 5.80. The molecule has 7 heteroatoms. The second-order valence-electron chi connectivity index (χ2n) is 5.06. The van der Waals surface area contributed by atoms with E-state index in [0.29, 0.717) is 13.0 Å². The zero-order valence-electron chi connectivity index (χ0n) is 10.7. The molecule has 0 aromatic rings. The highest BCUT2D eigenvalue weighted by atomic mass is 19.4. The number of nitrogens with two attached hydrogens (primary N) is 1. The Hall–Kier alpha value is -0.820. The van der Waals surface area contributed by atoms with E-state index in [9.17, 15) is 18.0 Å². The molecule has 4 N–H and O–H groups in total. The van der Waals surface area contributed by atoms with Crippen LogP contribution < -0.4 is 11.1 Å². The second kappa shape index (κ2) is 6.94. The SMILES string of the molecule is CC(C)(CCN)CCC(=O)NCC(O)C(F)(F)F. The van der Waals surface area contributed by atoms with Gasteiger partial charge >= 0.3 is 6.18 Å². The number of hydrogen-bond acceptors (Lipinski definition) is 3. The first-order chi connectivity index (χ1) is 8.08. The van der Waals surface area contributed by atoms with Crippen molar-refractivity contribution in [2.24, 2.45) is 11.1 Å². The van der Waals surface area contributed by atoms with E-state index in [2.05, 4.69) is 5.32 Å². The number of aliphatic hydroxyl groups excluding tert-OH is 1. The molecule has 0 saturated heterocycles. The monoisotopic (exact) mass is 270 g/mol. The molecule has 0 aliphatic heterocycles. The van der Waals surface area contributed by atoms with Gasteiger partial charge in [0.25, 0.3) is 0 Å². The Bertz CT molecular complexity index is 268. The van der Waals surface area contributed by atoms with Crippen LogP contribution in [0.4, 0.5) is 13.2 Å². The highest BCUT2D eigenvalue weighted by molar-refractivity contribution is 5.75. The predicted molar refractivity (Wildman–Crippen MR) is 61.8 cm³/mol. The molecular weight excluding hydrogens is 249 g/mol. The molecule has 0 spiro atoms. The van der Waals surface area contributed by atoms with Crippen LogP contribution in [-0.2, 0) is 4.79 Å². The van der Waals surface area contributed by atoms with Crippen LogP contribution in [0.15, 0.2) is 0 Å². The van der Waals surface area contributed by atoms with Gasteiger partial charge in [0.05, 0.1) is 6.54 Å². The van der Waals surface area contributed by atoms with E-state index in [1.807, 2.05) is 13.8 Å². The molecule has 1 unspecified atom stereocenters. The number of amides is 1. The topological polar surface area (TPSA) is 75.4 Å². The molecule has 0 aromatic carbocycles. The summed E-state index contributed by atoms with van der Waals surface area (Å²) in [6.07, 6.45) is -5.81. The molecule has 1 amide bonds. The van der Waals surface area contributed by atoms with Crippen LogP contribution >= 0.6 is 0 Å². The fourth-order valence-electron chi connectivity index (χ4n) is 1.38. The summed E-state index contributed by atoms with van der Waals surface area (Å²) in [5, 5.41) is 10.8. The van der Waals surface area contributed by atoms with Crippen LogP contribution in [0, 0.1) is 5.41 Å². The molecular formula is C11H21F3N2O2. The minimum atomic E-state index is -4.70. The zero-order chi connectivity index (χ0) is 14.4. The molecule has 0 saturated carbocycles. The van der Waals surface area contributed by atoms with Gasteiger partial charge in [-0.15, -0.1) is 0 Å². The Balaban J connectivity index is 3.93. The Kier molecular flexibility index (Phi) is 6.62. The number of halogens is 3. The maximum absolute atomic E-state index is 12.0. The maximum atomic E-state index is 12.0. The number of hydrogen-bond donors (Lipinski definition) is 3. The molecule has 108 valence electrons. The van der Waals surface area contributed by atoms with Crippen LogP contribution in [0.5, 0.6) is 0 Å². The molecule has 0 heterocycles. The zero-order valence-corrected chi connectivity index (χ0v) is 10.7. The van der Waals surface area contributed by atoms with Gasteiger partial charge < -0.3 is 16.2 Å². The van der Waals surface area contributed by atoms with Crippen LogP contribution in [0.1, 0.15) is 33.1 Å². The third-order valence-electron chi connectivity index (χ3n) is 2.72. The highest BCUT2D eigenvalue weighted by Gasteiger charge is 2.38. The third kappa shape index (κ3) is 7.50. The molecule has 4 nitrogen and oxygen atoms in total. The lowest BCUT2D eigenvalue weighted by atomic mass is 9.84. The van der Waals surface area contributed by atoms with Crippen molar-refractivity contribution in [1.82, 2.24) is 5.32 Å². The minimum Gasteiger partial charge on any atom is -0.382 e. The molecule has 0 fully saturated rings.